The number of carbonyl (C=O) groups is 1. The third kappa shape index (κ3) is 4.24. The highest BCUT2D eigenvalue weighted by molar-refractivity contribution is 7.14. The summed E-state index contributed by atoms with van der Waals surface area (Å²) in [5.74, 6) is 0.540. The van der Waals surface area contributed by atoms with Gasteiger partial charge in [0.25, 0.3) is 0 Å². The number of amides is 1. The summed E-state index contributed by atoms with van der Waals surface area (Å²) in [5, 5.41) is 9.06. The van der Waals surface area contributed by atoms with Gasteiger partial charge in [-0.05, 0) is 18.2 Å². The lowest BCUT2D eigenvalue weighted by Gasteiger charge is -2.22. The first-order valence-corrected chi connectivity index (χ1v) is 8.82. The summed E-state index contributed by atoms with van der Waals surface area (Å²) < 4.78 is 10.5. The van der Waals surface area contributed by atoms with E-state index >= 15 is 0 Å². The van der Waals surface area contributed by atoms with E-state index in [1.54, 1.807) is 19.2 Å². The molecule has 3 rings (SSSR count). The van der Waals surface area contributed by atoms with Crippen LogP contribution in [-0.2, 0) is 9.53 Å². The average molecular weight is 368 g/mol. The molecule has 24 heavy (non-hydrogen) atoms. The van der Waals surface area contributed by atoms with Crippen LogP contribution >= 0.6 is 22.9 Å². The minimum Gasteiger partial charge on any atom is -0.495 e. The molecule has 0 aliphatic carbocycles. The van der Waals surface area contributed by atoms with Crippen molar-refractivity contribution in [2.24, 2.45) is 0 Å². The maximum Gasteiger partial charge on any atom is 0.227 e. The van der Waals surface area contributed by atoms with Crippen LogP contribution in [0, 0.1) is 0 Å². The number of rotatable bonds is 5. The number of carbonyl (C=O) groups excluding carboxylic acids is 1. The predicted molar refractivity (Wildman–Crippen MR) is 95.0 cm³/mol. The Balaban J connectivity index is 1.62. The van der Waals surface area contributed by atoms with Crippen LogP contribution < -0.4 is 15.4 Å². The van der Waals surface area contributed by atoms with Crippen molar-refractivity contribution < 1.29 is 14.3 Å². The van der Waals surface area contributed by atoms with Crippen molar-refractivity contribution in [2.75, 3.05) is 32.2 Å². The molecule has 2 aromatic rings. The molecule has 0 bridgehead atoms. The Morgan fingerprint density at radius 2 is 2.46 bits per heavy atom. The van der Waals surface area contributed by atoms with Crippen LogP contribution in [0.15, 0.2) is 23.6 Å². The second kappa shape index (κ2) is 7.94. The zero-order valence-corrected chi connectivity index (χ0v) is 14.7. The number of methoxy groups -OCH3 is 1. The molecule has 0 spiro atoms. The monoisotopic (exact) mass is 367 g/mol. The van der Waals surface area contributed by atoms with Crippen molar-refractivity contribution in [1.29, 1.82) is 0 Å². The molecular formula is C16H18ClN3O3S. The van der Waals surface area contributed by atoms with E-state index in [0.717, 1.165) is 17.8 Å². The van der Waals surface area contributed by atoms with E-state index in [2.05, 4.69) is 15.6 Å². The fourth-order valence-electron chi connectivity index (χ4n) is 2.43. The van der Waals surface area contributed by atoms with E-state index in [-0.39, 0.29) is 11.9 Å². The van der Waals surface area contributed by atoms with Crippen molar-refractivity contribution in [1.82, 2.24) is 10.3 Å². The number of thiazole rings is 1. The Labute approximate surface area is 149 Å². The largest absolute Gasteiger partial charge is 0.495 e. The normalized spacial score (nSPS) is 17.5. The minimum atomic E-state index is -0.0772. The smallest absolute Gasteiger partial charge is 0.227 e. The maximum atomic E-state index is 12.1. The number of ether oxygens (including phenoxy) is 2. The van der Waals surface area contributed by atoms with Gasteiger partial charge in [-0.25, -0.2) is 4.98 Å². The molecule has 128 valence electrons. The first-order chi connectivity index (χ1) is 11.7. The maximum absolute atomic E-state index is 12.1. The van der Waals surface area contributed by atoms with Crippen molar-refractivity contribution in [2.45, 2.75) is 12.5 Å². The van der Waals surface area contributed by atoms with Crippen LogP contribution in [0.1, 0.15) is 6.42 Å². The zero-order chi connectivity index (χ0) is 16.9. The first kappa shape index (κ1) is 17.2. The number of hydrogen-bond donors (Lipinski definition) is 2. The summed E-state index contributed by atoms with van der Waals surface area (Å²) in [6.45, 7) is 2.02. The summed E-state index contributed by atoms with van der Waals surface area (Å²) >= 11 is 7.52. The van der Waals surface area contributed by atoms with Gasteiger partial charge in [0.1, 0.15) is 5.75 Å². The van der Waals surface area contributed by atoms with Crippen LogP contribution in [0.4, 0.5) is 5.13 Å². The summed E-state index contributed by atoms with van der Waals surface area (Å²) in [7, 11) is 1.57. The average Bonchev–Trinajstić information content (AvgIpc) is 3.04. The minimum absolute atomic E-state index is 0.0542. The molecule has 1 aromatic heterocycles. The van der Waals surface area contributed by atoms with E-state index in [4.69, 9.17) is 21.1 Å². The standard InChI is InChI=1S/C16H18ClN3O3S/c1-22-14-3-2-10(6-12(14)17)13-9-24-16(19-13)20-15(21)7-11-8-23-5-4-18-11/h2-3,6,9,11,18H,4-5,7-8H2,1H3,(H,19,20,21). The summed E-state index contributed by atoms with van der Waals surface area (Å²) in [4.78, 5) is 16.5. The van der Waals surface area contributed by atoms with Crippen LogP contribution in [0.25, 0.3) is 11.3 Å². The van der Waals surface area contributed by atoms with E-state index in [1.807, 2.05) is 11.4 Å². The molecule has 1 aromatic carbocycles. The van der Waals surface area contributed by atoms with Gasteiger partial charge in [-0.2, -0.15) is 0 Å². The third-order valence-corrected chi connectivity index (χ3v) is 4.68. The van der Waals surface area contributed by atoms with Gasteiger partial charge >= 0.3 is 0 Å². The number of anilines is 1. The quantitative estimate of drug-likeness (QED) is 0.850. The number of aromatic nitrogens is 1. The highest BCUT2D eigenvalue weighted by Gasteiger charge is 2.18. The molecule has 0 radical (unpaired) electrons. The lowest BCUT2D eigenvalue weighted by atomic mass is 10.2. The van der Waals surface area contributed by atoms with Gasteiger partial charge in [0, 0.05) is 30.0 Å². The summed E-state index contributed by atoms with van der Waals surface area (Å²) in [5.41, 5.74) is 1.64. The molecular weight excluding hydrogens is 350 g/mol. The molecule has 1 saturated heterocycles. The first-order valence-electron chi connectivity index (χ1n) is 7.56. The van der Waals surface area contributed by atoms with Gasteiger partial charge in [0.15, 0.2) is 5.13 Å². The molecule has 8 heteroatoms. The van der Waals surface area contributed by atoms with Crippen LogP contribution in [0.2, 0.25) is 5.02 Å². The number of halogens is 1. The van der Waals surface area contributed by atoms with Crippen molar-refractivity contribution in [3.63, 3.8) is 0 Å². The second-order valence-electron chi connectivity index (χ2n) is 5.37. The van der Waals surface area contributed by atoms with Gasteiger partial charge in [-0.15, -0.1) is 11.3 Å². The predicted octanol–water partition coefficient (Wildman–Crippen LogP) is 2.79. The van der Waals surface area contributed by atoms with Crippen LogP contribution in [0.3, 0.4) is 0 Å². The van der Waals surface area contributed by atoms with E-state index in [9.17, 15) is 4.79 Å². The molecule has 2 heterocycles. The van der Waals surface area contributed by atoms with E-state index in [1.165, 1.54) is 11.3 Å². The van der Waals surface area contributed by atoms with E-state index in [0.29, 0.717) is 35.5 Å². The fraction of sp³-hybridized carbons (Fsp3) is 0.375. The highest BCUT2D eigenvalue weighted by Crippen LogP contribution is 2.31. The van der Waals surface area contributed by atoms with Crippen molar-refractivity contribution in [3.8, 4) is 17.0 Å². The molecule has 0 saturated carbocycles. The lowest BCUT2D eigenvalue weighted by Crippen LogP contribution is -2.43. The lowest BCUT2D eigenvalue weighted by molar-refractivity contribution is -0.117. The Bertz CT molecular complexity index is 716. The summed E-state index contributed by atoms with van der Waals surface area (Å²) in [6, 6.07) is 5.53. The molecule has 6 nitrogen and oxygen atoms in total. The van der Waals surface area contributed by atoms with Crippen LogP contribution in [-0.4, -0.2) is 43.8 Å². The van der Waals surface area contributed by atoms with E-state index < -0.39 is 0 Å². The molecule has 1 aliphatic rings. The van der Waals surface area contributed by atoms with Gasteiger partial charge in [-0.1, -0.05) is 11.6 Å². The topological polar surface area (TPSA) is 72.5 Å². The third-order valence-electron chi connectivity index (χ3n) is 3.63. The van der Waals surface area contributed by atoms with Gasteiger partial charge in [-0.3, -0.25) is 4.79 Å². The Kier molecular flexibility index (Phi) is 5.68. The number of morpholine rings is 1. The Morgan fingerprint density at radius 3 is 3.17 bits per heavy atom. The SMILES string of the molecule is COc1ccc(-c2csc(NC(=O)CC3COCCN3)n2)cc1Cl. The second-order valence-corrected chi connectivity index (χ2v) is 6.63. The Hall–Kier alpha value is -1.67. The van der Waals surface area contributed by atoms with Crippen molar-refractivity contribution in [3.05, 3.63) is 28.6 Å². The zero-order valence-electron chi connectivity index (χ0n) is 13.2. The molecule has 1 fully saturated rings. The van der Waals surface area contributed by atoms with Gasteiger partial charge in [0.2, 0.25) is 5.91 Å². The number of nitrogens with one attached hydrogen (secondary N) is 2. The fourth-order valence-corrected chi connectivity index (χ4v) is 3.43. The number of hydrogen-bond acceptors (Lipinski definition) is 6. The Morgan fingerprint density at radius 1 is 1.58 bits per heavy atom. The van der Waals surface area contributed by atoms with Crippen molar-refractivity contribution >= 4 is 34.0 Å². The number of benzene rings is 1. The summed E-state index contributed by atoms with van der Waals surface area (Å²) in [6.07, 6.45) is 0.364. The molecule has 1 atom stereocenters. The highest BCUT2D eigenvalue weighted by atomic mass is 35.5. The van der Waals surface area contributed by atoms with Crippen LogP contribution in [0.5, 0.6) is 5.75 Å². The molecule has 1 unspecified atom stereocenters. The van der Waals surface area contributed by atoms with Gasteiger partial charge < -0.3 is 20.1 Å². The number of nitrogens with zero attached hydrogens (tertiary/aromatic N) is 1. The molecule has 1 aliphatic heterocycles. The molecule has 2 N–H and O–H groups in total. The van der Waals surface area contributed by atoms with Gasteiger partial charge in [0.05, 0.1) is 31.0 Å². The molecule has 1 amide bonds.